The summed E-state index contributed by atoms with van der Waals surface area (Å²) in [7, 11) is -3.93. The first-order valence-corrected chi connectivity index (χ1v) is 7.76. The number of carbonyl (C=O) groups is 1. The summed E-state index contributed by atoms with van der Waals surface area (Å²) in [5.74, 6) is -0.229. The number of sulfone groups is 1. The molecule has 0 fully saturated rings. The van der Waals surface area contributed by atoms with Crippen LogP contribution in [0.25, 0.3) is 5.03 Å². The number of nitrogens with one attached hydrogen (secondary N) is 1. The number of hydrogen-bond acceptors (Lipinski definition) is 5. The monoisotopic (exact) mass is 324 g/mol. The van der Waals surface area contributed by atoms with Crippen LogP contribution >= 0.6 is 11.6 Å². The fourth-order valence-electron chi connectivity index (χ4n) is 2.05. The Bertz CT molecular complexity index is 883. The number of carbonyl (C=O) groups excluding carboxylic acids is 1. The van der Waals surface area contributed by atoms with Gasteiger partial charge in [0.15, 0.2) is 10.7 Å². The molecule has 0 radical (unpaired) electrons. The Labute approximate surface area is 125 Å². The molecule has 0 saturated carbocycles. The Morgan fingerprint density at radius 1 is 1.33 bits per heavy atom. The van der Waals surface area contributed by atoms with Crippen molar-refractivity contribution in [3.8, 4) is 0 Å². The largest absolute Gasteiger partial charge is 0.360 e. The van der Waals surface area contributed by atoms with Crippen molar-refractivity contribution in [3.05, 3.63) is 46.6 Å². The fraction of sp³-hybridized carbons (Fsp3) is 0.0769. The van der Waals surface area contributed by atoms with Crippen molar-refractivity contribution in [1.29, 1.82) is 0 Å². The topological polar surface area (TPSA) is 89.3 Å². The molecule has 2 heterocycles. The van der Waals surface area contributed by atoms with E-state index in [2.05, 4.69) is 10.5 Å². The summed E-state index contributed by atoms with van der Waals surface area (Å²) >= 11 is 6.06. The van der Waals surface area contributed by atoms with Gasteiger partial charge in [0, 0.05) is 11.6 Å². The second-order valence-electron chi connectivity index (χ2n) is 4.42. The van der Waals surface area contributed by atoms with Gasteiger partial charge >= 0.3 is 0 Å². The summed E-state index contributed by atoms with van der Waals surface area (Å²) in [5, 5.41) is 5.85. The van der Waals surface area contributed by atoms with Gasteiger partial charge < -0.3 is 9.84 Å². The SMILES string of the molecule is Cc1cc(NC(=O)C2=C(Cl)c3ccccc3S2(=O)=O)no1. The molecule has 21 heavy (non-hydrogen) atoms. The number of nitrogens with zero attached hydrogens (tertiary/aromatic N) is 1. The Morgan fingerprint density at radius 3 is 2.67 bits per heavy atom. The van der Waals surface area contributed by atoms with E-state index in [9.17, 15) is 13.2 Å². The molecule has 1 amide bonds. The van der Waals surface area contributed by atoms with Crippen LogP contribution in [-0.2, 0) is 14.6 Å². The molecule has 1 aliphatic heterocycles. The highest BCUT2D eigenvalue weighted by Gasteiger charge is 2.39. The summed E-state index contributed by atoms with van der Waals surface area (Å²) in [6, 6.07) is 7.66. The van der Waals surface area contributed by atoms with E-state index in [1.54, 1.807) is 25.1 Å². The minimum Gasteiger partial charge on any atom is -0.360 e. The highest BCUT2D eigenvalue weighted by Crippen LogP contribution is 2.41. The predicted molar refractivity (Wildman–Crippen MR) is 76.3 cm³/mol. The van der Waals surface area contributed by atoms with Crippen LogP contribution in [0.1, 0.15) is 11.3 Å². The van der Waals surface area contributed by atoms with Crippen LogP contribution in [0.5, 0.6) is 0 Å². The zero-order chi connectivity index (χ0) is 15.2. The van der Waals surface area contributed by atoms with Gasteiger partial charge in [-0.25, -0.2) is 8.42 Å². The summed E-state index contributed by atoms with van der Waals surface area (Å²) in [5.41, 5.74) is 0.320. The molecule has 0 saturated heterocycles. The molecule has 1 N–H and O–H groups in total. The lowest BCUT2D eigenvalue weighted by atomic mass is 10.2. The molecule has 0 spiro atoms. The third-order valence-corrected chi connectivity index (χ3v) is 5.32. The maximum atomic E-state index is 12.4. The lowest BCUT2D eigenvalue weighted by Crippen LogP contribution is -2.19. The predicted octanol–water partition coefficient (Wildman–Crippen LogP) is 2.32. The van der Waals surface area contributed by atoms with Gasteiger partial charge in [0.05, 0.1) is 9.93 Å². The standard InChI is InChI=1S/C13H9ClN2O4S/c1-7-6-10(16-20-7)15-13(17)12-11(14)8-4-2-3-5-9(8)21(12,18)19/h2-6H,1H3,(H,15,16,17). The van der Waals surface area contributed by atoms with Crippen LogP contribution in [0, 0.1) is 6.92 Å². The first kappa shape index (κ1) is 13.8. The average Bonchev–Trinajstić information content (AvgIpc) is 2.91. The van der Waals surface area contributed by atoms with Gasteiger partial charge in [0.2, 0.25) is 9.84 Å². The molecule has 1 aromatic heterocycles. The molecule has 8 heteroatoms. The molecule has 2 aromatic rings. The van der Waals surface area contributed by atoms with Gasteiger partial charge in [0.1, 0.15) is 5.76 Å². The van der Waals surface area contributed by atoms with Crippen molar-refractivity contribution < 1.29 is 17.7 Å². The second-order valence-corrected chi connectivity index (χ2v) is 6.65. The van der Waals surface area contributed by atoms with Gasteiger partial charge in [-0.1, -0.05) is 35.0 Å². The van der Waals surface area contributed by atoms with E-state index in [1.807, 2.05) is 0 Å². The third-order valence-electron chi connectivity index (χ3n) is 2.96. The van der Waals surface area contributed by atoms with E-state index in [-0.39, 0.29) is 15.7 Å². The quantitative estimate of drug-likeness (QED) is 0.915. The number of aryl methyl sites for hydroxylation is 1. The summed E-state index contributed by atoms with van der Waals surface area (Å²) in [6.45, 7) is 1.65. The van der Waals surface area contributed by atoms with Crippen LogP contribution in [0.3, 0.4) is 0 Å². The van der Waals surface area contributed by atoms with E-state index in [0.29, 0.717) is 11.3 Å². The molecule has 0 atom stereocenters. The number of rotatable bonds is 2. The molecule has 0 aliphatic carbocycles. The molecule has 6 nitrogen and oxygen atoms in total. The van der Waals surface area contributed by atoms with Crippen molar-refractivity contribution in [3.63, 3.8) is 0 Å². The number of fused-ring (bicyclic) bond motifs is 1. The minimum atomic E-state index is -3.93. The van der Waals surface area contributed by atoms with Crippen LogP contribution < -0.4 is 5.32 Å². The van der Waals surface area contributed by atoms with Crippen LogP contribution in [0.4, 0.5) is 5.82 Å². The molecular formula is C13H9ClN2O4S. The second kappa shape index (κ2) is 4.71. The van der Waals surface area contributed by atoms with E-state index in [4.69, 9.17) is 16.1 Å². The minimum absolute atomic E-state index is 0.0245. The van der Waals surface area contributed by atoms with Gasteiger partial charge in [-0.05, 0) is 13.0 Å². The number of hydrogen-bond donors (Lipinski definition) is 1. The van der Waals surface area contributed by atoms with Gasteiger partial charge in [-0.15, -0.1) is 0 Å². The van der Waals surface area contributed by atoms with Crippen molar-refractivity contribution in [2.24, 2.45) is 0 Å². The normalized spacial score (nSPS) is 15.9. The molecule has 1 aromatic carbocycles. The Kier molecular flexibility index (Phi) is 3.11. The molecular weight excluding hydrogens is 316 g/mol. The summed E-state index contributed by atoms with van der Waals surface area (Å²) in [6.07, 6.45) is 0. The fourth-order valence-corrected chi connectivity index (χ4v) is 4.24. The Morgan fingerprint density at radius 2 is 2.05 bits per heavy atom. The highest BCUT2D eigenvalue weighted by atomic mass is 35.5. The first-order chi connectivity index (χ1) is 9.91. The molecule has 3 rings (SSSR count). The van der Waals surface area contributed by atoms with Gasteiger partial charge in [-0.3, -0.25) is 4.79 Å². The van der Waals surface area contributed by atoms with Crippen molar-refractivity contribution in [2.45, 2.75) is 11.8 Å². The first-order valence-electron chi connectivity index (χ1n) is 5.90. The average molecular weight is 325 g/mol. The summed E-state index contributed by atoms with van der Waals surface area (Å²) < 4.78 is 29.6. The molecule has 1 aliphatic rings. The van der Waals surface area contributed by atoms with E-state index in [0.717, 1.165) is 0 Å². The lowest BCUT2D eigenvalue weighted by Gasteiger charge is -2.03. The number of halogens is 1. The van der Waals surface area contributed by atoms with Crippen LogP contribution in [0.15, 0.2) is 44.7 Å². The number of benzene rings is 1. The van der Waals surface area contributed by atoms with E-state index in [1.165, 1.54) is 12.1 Å². The maximum Gasteiger partial charge on any atom is 0.270 e. The van der Waals surface area contributed by atoms with Crippen LogP contribution in [-0.4, -0.2) is 19.5 Å². The number of aromatic nitrogens is 1. The third kappa shape index (κ3) is 2.14. The number of anilines is 1. The van der Waals surface area contributed by atoms with E-state index < -0.39 is 20.6 Å². The number of amides is 1. The zero-order valence-electron chi connectivity index (χ0n) is 10.8. The lowest BCUT2D eigenvalue weighted by molar-refractivity contribution is -0.112. The van der Waals surface area contributed by atoms with Crippen molar-refractivity contribution in [2.75, 3.05) is 5.32 Å². The zero-order valence-corrected chi connectivity index (χ0v) is 12.3. The van der Waals surface area contributed by atoms with Crippen molar-refractivity contribution in [1.82, 2.24) is 5.16 Å². The molecule has 0 unspecified atom stereocenters. The van der Waals surface area contributed by atoms with Crippen molar-refractivity contribution >= 4 is 38.2 Å². The maximum absolute atomic E-state index is 12.4. The smallest absolute Gasteiger partial charge is 0.270 e. The molecule has 0 bridgehead atoms. The Balaban J connectivity index is 2.03. The molecule has 108 valence electrons. The van der Waals surface area contributed by atoms with E-state index >= 15 is 0 Å². The Hall–Kier alpha value is -2.12. The van der Waals surface area contributed by atoms with Gasteiger partial charge in [-0.2, -0.15) is 0 Å². The highest BCUT2D eigenvalue weighted by molar-refractivity contribution is 7.97. The van der Waals surface area contributed by atoms with Gasteiger partial charge in [0.25, 0.3) is 5.91 Å². The van der Waals surface area contributed by atoms with Crippen LogP contribution in [0.2, 0.25) is 0 Å². The summed E-state index contributed by atoms with van der Waals surface area (Å²) in [4.78, 5) is 11.7.